The number of halogens is 3. The van der Waals surface area contributed by atoms with Gasteiger partial charge in [0.1, 0.15) is 0 Å². The van der Waals surface area contributed by atoms with Crippen molar-refractivity contribution < 1.29 is 8.78 Å². The van der Waals surface area contributed by atoms with Crippen LogP contribution < -0.4 is 0 Å². The molecule has 0 saturated carbocycles. The van der Waals surface area contributed by atoms with Gasteiger partial charge in [-0.3, -0.25) is 0 Å². The summed E-state index contributed by atoms with van der Waals surface area (Å²) in [6.07, 6.45) is 0. The second-order valence-electron chi connectivity index (χ2n) is 3.05. The molecule has 0 amide bonds. The van der Waals surface area contributed by atoms with Crippen LogP contribution in [0.3, 0.4) is 0 Å². The first-order valence-corrected chi connectivity index (χ1v) is 4.80. The zero-order valence-electron chi connectivity index (χ0n) is 7.31. The first-order chi connectivity index (χ1) is 6.48. The van der Waals surface area contributed by atoms with E-state index in [4.69, 9.17) is 0 Å². The monoisotopic (exact) mass is 260 g/mol. The number of aromatic amines is 1. The molecule has 1 N–H and O–H groups in total. The van der Waals surface area contributed by atoms with Crippen LogP contribution in [0.2, 0.25) is 0 Å². The fourth-order valence-corrected chi connectivity index (χ4v) is 1.50. The number of nitrogens with one attached hydrogen (secondary N) is 1. The van der Waals surface area contributed by atoms with Crippen molar-refractivity contribution in [3.05, 3.63) is 29.6 Å². The van der Waals surface area contributed by atoms with Crippen molar-refractivity contribution in [3.8, 4) is 0 Å². The number of aryl methyl sites for hydroxylation is 1. The molecule has 0 spiro atoms. The number of fused-ring (bicyclic) bond motifs is 1. The van der Waals surface area contributed by atoms with E-state index >= 15 is 0 Å². The quantitative estimate of drug-likeness (QED) is 0.784. The maximum Gasteiger partial charge on any atom is 0.358 e. The number of nitrogens with zero attached hydrogens (tertiary/aromatic N) is 1. The van der Waals surface area contributed by atoms with Crippen molar-refractivity contribution in [1.82, 2.24) is 9.97 Å². The van der Waals surface area contributed by atoms with Crippen LogP contribution in [0.1, 0.15) is 11.4 Å². The van der Waals surface area contributed by atoms with E-state index in [1.54, 1.807) is 12.1 Å². The van der Waals surface area contributed by atoms with Crippen molar-refractivity contribution in [2.45, 2.75) is 11.8 Å². The van der Waals surface area contributed by atoms with Gasteiger partial charge < -0.3 is 4.98 Å². The molecule has 0 aliphatic heterocycles. The Labute approximate surface area is 87.5 Å². The van der Waals surface area contributed by atoms with Gasteiger partial charge in [0.05, 0.1) is 11.0 Å². The number of H-pyrrole nitrogens is 1. The van der Waals surface area contributed by atoms with Crippen molar-refractivity contribution >= 4 is 27.0 Å². The Bertz CT molecular complexity index is 473. The first-order valence-electron chi connectivity index (χ1n) is 4.01. The molecule has 1 aromatic carbocycles. The summed E-state index contributed by atoms with van der Waals surface area (Å²) in [4.78, 5) is 3.30. The standard InChI is InChI=1S/C9H7BrF2N2/c1-5-3-2-4-6-7(5)14-8(13-6)9(10,11)12/h2-4H,1H3,(H,13,14). The molecule has 0 fully saturated rings. The third kappa shape index (κ3) is 1.52. The van der Waals surface area contributed by atoms with Gasteiger partial charge in [0.2, 0.25) is 0 Å². The van der Waals surface area contributed by atoms with Crippen molar-refractivity contribution in [1.29, 1.82) is 0 Å². The number of hydrogen-bond donors (Lipinski definition) is 1. The fourth-order valence-electron chi connectivity index (χ4n) is 1.31. The highest BCUT2D eigenvalue weighted by molar-refractivity contribution is 9.09. The average Bonchev–Trinajstić information content (AvgIpc) is 2.48. The van der Waals surface area contributed by atoms with E-state index in [-0.39, 0.29) is 5.82 Å². The lowest BCUT2D eigenvalue weighted by molar-refractivity contribution is 0.105. The summed E-state index contributed by atoms with van der Waals surface area (Å²) >= 11 is 2.26. The molecule has 0 saturated heterocycles. The summed E-state index contributed by atoms with van der Waals surface area (Å²) in [6.45, 7) is 1.83. The Morgan fingerprint density at radius 2 is 2.14 bits per heavy atom. The molecule has 1 heterocycles. The van der Waals surface area contributed by atoms with Gasteiger partial charge in [-0.05, 0) is 34.5 Å². The smallest absolute Gasteiger partial charge is 0.336 e. The highest BCUT2D eigenvalue weighted by Gasteiger charge is 2.31. The Kier molecular flexibility index (Phi) is 2.06. The number of para-hydroxylation sites is 1. The number of rotatable bonds is 1. The summed E-state index contributed by atoms with van der Waals surface area (Å²) in [7, 11) is 0. The Morgan fingerprint density at radius 1 is 1.43 bits per heavy atom. The Hall–Kier alpha value is -0.970. The third-order valence-electron chi connectivity index (χ3n) is 1.98. The lowest BCUT2D eigenvalue weighted by Crippen LogP contribution is -2.04. The maximum atomic E-state index is 12.8. The van der Waals surface area contributed by atoms with Crippen molar-refractivity contribution in [3.63, 3.8) is 0 Å². The van der Waals surface area contributed by atoms with Crippen LogP contribution in [0.4, 0.5) is 8.78 Å². The van der Waals surface area contributed by atoms with Gasteiger partial charge in [0.15, 0.2) is 5.82 Å². The molecule has 2 aromatic rings. The molecular weight excluding hydrogens is 254 g/mol. The first kappa shape index (κ1) is 9.58. The highest BCUT2D eigenvalue weighted by atomic mass is 79.9. The molecule has 2 nitrogen and oxygen atoms in total. The number of imidazole rings is 1. The molecule has 14 heavy (non-hydrogen) atoms. The van der Waals surface area contributed by atoms with E-state index in [0.717, 1.165) is 5.56 Å². The summed E-state index contributed by atoms with van der Waals surface area (Å²) in [5.41, 5.74) is 2.09. The highest BCUT2D eigenvalue weighted by Crippen LogP contribution is 2.33. The van der Waals surface area contributed by atoms with Gasteiger partial charge in [-0.1, -0.05) is 12.1 Å². The predicted octanol–water partition coefficient (Wildman–Crippen LogP) is 3.32. The van der Waals surface area contributed by atoms with Gasteiger partial charge in [-0.25, -0.2) is 4.98 Å². The van der Waals surface area contributed by atoms with Crippen molar-refractivity contribution in [2.24, 2.45) is 0 Å². The number of alkyl halides is 3. The molecule has 5 heteroatoms. The predicted molar refractivity (Wildman–Crippen MR) is 53.7 cm³/mol. The van der Waals surface area contributed by atoms with Crippen LogP contribution in [0, 0.1) is 6.92 Å². The molecular formula is C9H7BrF2N2. The maximum absolute atomic E-state index is 12.8. The topological polar surface area (TPSA) is 28.7 Å². The lowest BCUT2D eigenvalue weighted by Gasteiger charge is -2.01. The molecule has 0 unspecified atom stereocenters. The van der Waals surface area contributed by atoms with Gasteiger partial charge in [0.25, 0.3) is 0 Å². The SMILES string of the molecule is Cc1cccc2[nH]c(C(F)(F)Br)nc12. The van der Waals surface area contributed by atoms with E-state index < -0.39 is 4.83 Å². The summed E-state index contributed by atoms with van der Waals surface area (Å²) < 4.78 is 25.7. The molecule has 1 aromatic heterocycles. The number of aromatic nitrogens is 2. The minimum absolute atomic E-state index is 0.359. The molecule has 0 radical (unpaired) electrons. The van der Waals surface area contributed by atoms with E-state index in [1.165, 1.54) is 0 Å². The second kappa shape index (κ2) is 3.02. The summed E-state index contributed by atoms with van der Waals surface area (Å²) in [5.74, 6) is -0.359. The van der Waals surface area contributed by atoms with Crippen LogP contribution in [-0.4, -0.2) is 9.97 Å². The van der Waals surface area contributed by atoms with Crippen molar-refractivity contribution in [2.75, 3.05) is 0 Å². The van der Waals surface area contributed by atoms with Gasteiger partial charge >= 0.3 is 4.83 Å². The van der Waals surface area contributed by atoms with E-state index in [9.17, 15) is 8.78 Å². The number of hydrogen-bond acceptors (Lipinski definition) is 1. The summed E-state index contributed by atoms with van der Waals surface area (Å²) in [5, 5.41) is 0. The normalized spacial score (nSPS) is 12.3. The zero-order valence-corrected chi connectivity index (χ0v) is 8.90. The second-order valence-corrected chi connectivity index (χ2v) is 4.05. The molecule has 2 rings (SSSR count). The van der Waals surface area contributed by atoms with Gasteiger partial charge in [-0.15, -0.1) is 0 Å². The van der Waals surface area contributed by atoms with Crippen LogP contribution in [0.15, 0.2) is 18.2 Å². The van der Waals surface area contributed by atoms with Crippen LogP contribution in [0.25, 0.3) is 11.0 Å². The molecule has 0 atom stereocenters. The minimum atomic E-state index is -3.10. The zero-order chi connectivity index (χ0) is 10.3. The van der Waals surface area contributed by atoms with Crippen LogP contribution >= 0.6 is 15.9 Å². The molecule has 74 valence electrons. The fraction of sp³-hybridized carbons (Fsp3) is 0.222. The lowest BCUT2D eigenvalue weighted by atomic mass is 10.2. The Morgan fingerprint density at radius 3 is 2.71 bits per heavy atom. The van der Waals surface area contributed by atoms with E-state index in [1.807, 2.05) is 13.0 Å². The molecule has 0 bridgehead atoms. The molecule has 0 aliphatic rings. The third-order valence-corrected chi connectivity index (χ3v) is 2.36. The van der Waals surface area contributed by atoms with E-state index in [0.29, 0.717) is 11.0 Å². The summed E-state index contributed by atoms with van der Waals surface area (Å²) in [6, 6.07) is 5.35. The molecule has 0 aliphatic carbocycles. The van der Waals surface area contributed by atoms with Gasteiger partial charge in [-0.2, -0.15) is 8.78 Å². The number of benzene rings is 1. The average molecular weight is 261 g/mol. The van der Waals surface area contributed by atoms with Gasteiger partial charge in [0, 0.05) is 0 Å². The van der Waals surface area contributed by atoms with Crippen LogP contribution in [0.5, 0.6) is 0 Å². The van der Waals surface area contributed by atoms with E-state index in [2.05, 4.69) is 25.9 Å². The largest absolute Gasteiger partial charge is 0.358 e. The minimum Gasteiger partial charge on any atom is -0.336 e. The van der Waals surface area contributed by atoms with Crippen LogP contribution in [-0.2, 0) is 4.83 Å². The Balaban J connectivity index is 2.69.